The monoisotopic (exact) mass is 257 g/mol. The summed E-state index contributed by atoms with van der Waals surface area (Å²) in [4.78, 5) is 8.34. The third kappa shape index (κ3) is 3.44. The minimum atomic E-state index is 0.292. The van der Waals surface area contributed by atoms with Crippen molar-refractivity contribution in [2.45, 2.75) is 26.3 Å². The van der Waals surface area contributed by atoms with Crippen molar-refractivity contribution in [3.8, 4) is 5.88 Å². The van der Waals surface area contributed by atoms with Crippen molar-refractivity contribution in [1.29, 1.82) is 0 Å². The first-order chi connectivity index (χ1) is 9.20. The van der Waals surface area contributed by atoms with Crippen LogP contribution in [0.2, 0.25) is 0 Å². The summed E-state index contributed by atoms with van der Waals surface area (Å²) >= 11 is 0. The first kappa shape index (κ1) is 13.3. The Bertz CT molecular complexity index is 528. The maximum Gasteiger partial charge on any atom is 0.221 e. The zero-order chi connectivity index (χ0) is 13.7. The van der Waals surface area contributed by atoms with Crippen molar-refractivity contribution in [3.63, 3.8) is 0 Å². The Morgan fingerprint density at radius 2 is 1.95 bits per heavy atom. The molecule has 2 rings (SSSR count). The molecule has 1 aromatic heterocycles. The molecule has 1 unspecified atom stereocenters. The van der Waals surface area contributed by atoms with E-state index >= 15 is 0 Å². The number of hydrogen-bond acceptors (Lipinski definition) is 4. The number of ether oxygens (including phenoxy) is 1. The molecule has 0 aliphatic rings. The topological polar surface area (TPSA) is 47.0 Å². The van der Waals surface area contributed by atoms with Gasteiger partial charge in [-0.1, -0.05) is 30.3 Å². The highest BCUT2D eigenvalue weighted by atomic mass is 16.5. The fourth-order valence-electron chi connectivity index (χ4n) is 2.04. The highest BCUT2D eigenvalue weighted by Gasteiger charge is 2.10. The molecular formula is C15H19N3O. The SMILES string of the molecule is COc1ncnc(NC(C)Cc2ccccc2)c1C. The van der Waals surface area contributed by atoms with Crippen LogP contribution in [0.15, 0.2) is 36.7 Å². The second-order valence-electron chi connectivity index (χ2n) is 4.59. The van der Waals surface area contributed by atoms with E-state index in [4.69, 9.17) is 4.74 Å². The van der Waals surface area contributed by atoms with Crippen molar-refractivity contribution in [2.75, 3.05) is 12.4 Å². The van der Waals surface area contributed by atoms with E-state index in [0.29, 0.717) is 11.9 Å². The quantitative estimate of drug-likeness (QED) is 0.894. The third-order valence-electron chi connectivity index (χ3n) is 3.00. The van der Waals surface area contributed by atoms with E-state index in [1.54, 1.807) is 7.11 Å². The van der Waals surface area contributed by atoms with Crippen LogP contribution in [0.25, 0.3) is 0 Å². The molecule has 0 radical (unpaired) electrons. The van der Waals surface area contributed by atoms with Gasteiger partial charge >= 0.3 is 0 Å². The van der Waals surface area contributed by atoms with Crippen molar-refractivity contribution in [3.05, 3.63) is 47.8 Å². The van der Waals surface area contributed by atoms with E-state index in [2.05, 4.69) is 46.5 Å². The maximum atomic E-state index is 5.19. The second-order valence-corrected chi connectivity index (χ2v) is 4.59. The molecule has 100 valence electrons. The number of methoxy groups -OCH3 is 1. The predicted molar refractivity (Wildman–Crippen MR) is 76.6 cm³/mol. The molecule has 0 spiro atoms. The van der Waals surface area contributed by atoms with Crippen LogP contribution >= 0.6 is 0 Å². The van der Waals surface area contributed by atoms with Gasteiger partial charge in [0.25, 0.3) is 0 Å². The van der Waals surface area contributed by atoms with Crippen LogP contribution in [0.5, 0.6) is 5.88 Å². The Labute approximate surface area is 113 Å². The van der Waals surface area contributed by atoms with Crippen molar-refractivity contribution in [2.24, 2.45) is 0 Å². The van der Waals surface area contributed by atoms with Gasteiger partial charge in [0.05, 0.1) is 12.7 Å². The van der Waals surface area contributed by atoms with Crippen LogP contribution in [-0.4, -0.2) is 23.1 Å². The number of anilines is 1. The largest absolute Gasteiger partial charge is 0.481 e. The lowest BCUT2D eigenvalue weighted by atomic mass is 10.1. The van der Waals surface area contributed by atoms with Crippen LogP contribution in [0, 0.1) is 6.92 Å². The average molecular weight is 257 g/mol. The minimum Gasteiger partial charge on any atom is -0.481 e. The summed E-state index contributed by atoms with van der Waals surface area (Å²) in [6, 6.07) is 10.7. The lowest BCUT2D eigenvalue weighted by Crippen LogP contribution is -2.19. The van der Waals surface area contributed by atoms with E-state index in [0.717, 1.165) is 17.8 Å². The van der Waals surface area contributed by atoms with Crippen LogP contribution in [-0.2, 0) is 6.42 Å². The first-order valence-corrected chi connectivity index (χ1v) is 6.36. The fraction of sp³-hybridized carbons (Fsp3) is 0.333. The molecule has 1 N–H and O–H groups in total. The third-order valence-corrected chi connectivity index (χ3v) is 3.00. The summed E-state index contributed by atoms with van der Waals surface area (Å²) < 4.78 is 5.19. The summed E-state index contributed by atoms with van der Waals surface area (Å²) in [6.45, 7) is 4.09. The van der Waals surface area contributed by atoms with Gasteiger partial charge < -0.3 is 10.1 Å². The minimum absolute atomic E-state index is 0.292. The Morgan fingerprint density at radius 3 is 2.63 bits per heavy atom. The Morgan fingerprint density at radius 1 is 1.21 bits per heavy atom. The zero-order valence-corrected chi connectivity index (χ0v) is 11.6. The normalized spacial score (nSPS) is 11.9. The number of rotatable bonds is 5. The van der Waals surface area contributed by atoms with Gasteiger partial charge in [-0.25, -0.2) is 9.97 Å². The number of hydrogen-bond donors (Lipinski definition) is 1. The average Bonchev–Trinajstić information content (AvgIpc) is 2.42. The van der Waals surface area contributed by atoms with Gasteiger partial charge in [-0.05, 0) is 25.8 Å². The lowest BCUT2D eigenvalue weighted by molar-refractivity contribution is 0.393. The van der Waals surface area contributed by atoms with Crippen LogP contribution in [0.1, 0.15) is 18.1 Å². The smallest absolute Gasteiger partial charge is 0.221 e. The molecule has 2 aromatic rings. The van der Waals surface area contributed by atoms with Gasteiger partial charge in [-0.3, -0.25) is 0 Å². The molecule has 1 aromatic carbocycles. The molecule has 0 aliphatic carbocycles. The van der Waals surface area contributed by atoms with Gasteiger partial charge in [-0.2, -0.15) is 0 Å². The van der Waals surface area contributed by atoms with Gasteiger partial charge in [-0.15, -0.1) is 0 Å². The Kier molecular flexibility index (Phi) is 4.34. The molecule has 0 amide bonds. The molecule has 0 saturated carbocycles. The first-order valence-electron chi connectivity index (χ1n) is 6.36. The number of nitrogens with one attached hydrogen (secondary N) is 1. The maximum absolute atomic E-state index is 5.19. The predicted octanol–water partition coefficient (Wildman–Crippen LogP) is 2.84. The van der Waals surface area contributed by atoms with Crippen molar-refractivity contribution in [1.82, 2.24) is 9.97 Å². The Balaban J connectivity index is 2.05. The van der Waals surface area contributed by atoms with E-state index in [1.165, 1.54) is 11.9 Å². The second kappa shape index (κ2) is 6.18. The highest BCUT2D eigenvalue weighted by Crippen LogP contribution is 2.20. The van der Waals surface area contributed by atoms with Gasteiger partial charge in [0, 0.05) is 6.04 Å². The lowest BCUT2D eigenvalue weighted by Gasteiger charge is -2.16. The summed E-state index contributed by atoms with van der Waals surface area (Å²) in [5.74, 6) is 1.44. The summed E-state index contributed by atoms with van der Waals surface area (Å²) in [6.07, 6.45) is 2.47. The zero-order valence-electron chi connectivity index (χ0n) is 11.6. The van der Waals surface area contributed by atoms with Gasteiger partial charge in [0.1, 0.15) is 12.1 Å². The van der Waals surface area contributed by atoms with E-state index in [9.17, 15) is 0 Å². The Hall–Kier alpha value is -2.10. The summed E-state index contributed by atoms with van der Waals surface area (Å²) in [7, 11) is 1.62. The van der Waals surface area contributed by atoms with Crippen molar-refractivity contribution >= 4 is 5.82 Å². The summed E-state index contributed by atoms with van der Waals surface area (Å²) in [5, 5.41) is 3.40. The van der Waals surface area contributed by atoms with Crippen molar-refractivity contribution < 1.29 is 4.74 Å². The van der Waals surface area contributed by atoms with E-state index < -0.39 is 0 Å². The number of aromatic nitrogens is 2. The number of benzene rings is 1. The van der Waals surface area contributed by atoms with Crippen LogP contribution < -0.4 is 10.1 Å². The van der Waals surface area contributed by atoms with Gasteiger partial charge in [0.15, 0.2) is 0 Å². The van der Waals surface area contributed by atoms with E-state index in [-0.39, 0.29) is 0 Å². The van der Waals surface area contributed by atoms with Crippen LogP contribution in [0.3, 0.4) is 0 Å². The molecule has 0 fully saturated rings. The standard InChI is InChI=1S/C15H19N3O/c1-11(9-13-7-5-4-6-8-13)18-14-12(2)15(19-3)17-10-16-14/h4-8,10-11H,9H2,1-3H3,(H,16,17,18). The molecule has 0 saturated heterocycles. The van der Waals surface area contributed by atoms with Gasteiger partial charge in [0.2, 0.25) is 5.88 Å². The molecular weight excluding hydrogens is 238 g/mol. The molecule has 0 bridgehead atoms. The fourth-order valence-corrected chi connectivity index (χ4v) is 2.04. The summed E-state index contributed by atoms with van der Waals surface area (Å²) in [5.41, 5.74) is 2.24. The molecule has 19 heavy (non-hydrogen) atoms. The molecule has 1 atom stereocenters. The molecule has 4 nitrogen and oxygen atoms in total. The molecule has 0 aliphatic heterocycles. The molecule has 1 heterocycles. The highest BCUT2D eigenvalue weighted by molar-refractivity contribution is 5.48. The van der Waals surface area contributed by atoms with Crippen LogP contribution in [0.4, 0.5) is 5.82 Å². The molecule has 4 heteroatoms. The number of nitrogens with zero attached hydrogens (tertiary/aromatic N) is 2. The van der Waals surface area contributed by atoms with E-state index in [1.807, 2.05) is 13.0 Å².